The molecule has 0 unspecified atom stereocenters. The maximum Gasteiger partial charge on any atom is 0.425 e. The van der Waals surface area contributed by atoms with Crippen molar-refractivity contribution in [2.45, 2.75) is 57.9 Å². The van der Waals surface area contributed by atoms with E-state index in [4.69, 9.17) is 4.74 Å². The topological polar surface area (TPSA) is 78.2 Å². The van der Waals surface area contributed by atoms with Crippen molar-refractivity contribution >= 4 is 11.6 Å². The molecule has 0 bridgehead atoms. The normalized spacial score (nSPS) is 16.8. The van der Waals surface area contributed by atoms with Gasteiger partial charge < -0.3 is 10.1 Å². The van der Waals surface area contributed by atoms with Gasteiger partial charge in [-0.25, -0.2) is 18.0 Å². The number of fused-ring (bicyclic) bond motifs is 1. The van der Waals surface area contributed by atoms with Crippen molar-refractivity contribution in [1.82, 2.24) is 14.3 Å². The zero-order chi connectivity index (χ0) is 27.4. The number of amides is 1. The third-order valence-corrected chi connectivity index (χ3v) is 7.03. The summed E-state index contributed by atoms with van der Waals surface area (Å²) in [6.07, 6.45) is -6.93. The molecule has 1 fully saturated rings. The van der Waals surface area contributed by atoms with Crippen LogP contribution in [0.1, 0.15) is 54.4 Å². The standard InChI is InChI=1S/C25H22F6N4O3/c1-13(25(29,30)31)38-19-11-18(35-23(37)34-9-8-24(6-7-24)12-20(34)33-35)16(26)10-15(19)22(36)32-17-5-3-2-4-14(17)21(27)28/h2-5,10-11,13,21H,6-9,12H2,1H3,(H,32,36)/t13-/m0/s1. The third kappa shape index (κ3) is 4.76. The molecule has 1 saturated carbocycles. The Hall–Kier alpha value is -3.77. The molecule has 0 radical (unpaired) electrons. The summed E-state index contributed by atoms with van der Waals surface area (Å²) in [5.74, 6) is -2.58. The van der Waals surface area contributed by atoms with E-state index in [1.165, 1.54) is 22.8 Å². The molecule has 1 aliphatic carbocycles. The quantitative estimate of drug-likeness (QED) is 0.424. The maximum atomic E-state index is 15.3. The monoisotopic (exact) mass is 540 g/mol. The molecule has 202 valence electrons. The number of alkyl halides is 5. The van der Waals surface area contributed by atoms with E-state index in [0.717, 1.165) is 36.1 Å². The number of benzene rings is 2. The predicted molar refractivity (Wildman–Crippen MR) is 123 cm³/mol. The molecule has 2 aromatic carbocycles. The number of para-hydroxylation sites is 1. The Morgan fingerprint density at radius 2 is 1.87 bits per heavy atom. The van der Waals surface area contributed by atoms with E-state index in [1.807, 2.05) is 0 Å². The first-order chi connectivity index (χ1) is 17.9. The SMILES string of the molecule is C[C@H](Oc1cc(-n2nc3n(c2=O)CCC2(CC2)C3)c(F)cc1C(=O)Nc1ccccc1C(F)F)C(F)(F)F. The second-order valence-corrected chi connectivity index (χ2v) is 9.63. The number of nitrogens with one attached hydrogen (secondary N) is 1. The van der Waals surface area contributed by atoms with Crippen molar-refractivity contribution in [3.8, 4) is 11.4 Å². The van der Waals surface area contributed by atoms with Gasteiger partial charge in [0, 0.05) is 30.3 Å². The molecule has 7 nitrogen and oxygen atoms in total. The molecule has 1 amide bonds. The van der Waals surface area contributed by atoms with Crippen molar-refractivity contribution in [2.24, 2.45) is 5.41 Å². The van der Waals surface area contributed by atoms with Crippen LogP contribution in [-0.2, 0) is 13.0 Å². The highest BCUT2D eigenvalue weighted by molar-refractivity contribution is 6.06. The molecule has 1 aliphatic heterocycles. The zero-order valence-electron chi connectivity index (χ0n) is 20.0. The number of carbonyl (C=O) groups excluding carboxylic acids is 1. The second-order valence-electron chi connectivity index (χ2n) is 9.63. The van der Waals surface area contributed by atoms with Crippen molar-refractivity contribution in [1.29, 1.82) is 0 Å². The van der Waals surface area contributed by atoms with Gasteiger partial charge in [0.05, 0.1) is 5.56 Å². The minimum atomic E-state index is -4.84. The van der Waals surface area contributed by atoms with Crippen LogP contribution < -0.4 is 15.7 Å². The summed E-state index contributed by atoms with van der Waals surface area (Å²) in [6.45, 7) is 1.07. The first-order valence-corrected chi connectivity index (χ1v) is 11.8. The zero-order valence-corrected chi connectivity index (χ0v) is 20.0. The van der Waals surface area contributed by atoms with Crippen LogP contribution in [0.15, 0.2) is 41.2 Å². The van der Waals surface area contributed by atoms with E-state index in [-0.39, 0.29) is 11.1 Å². The number of aromatic nitrogens is 3. The molecule has 5 rings (SSSR count). The summed E-state index contributed by atoms with van der Waals surface area (Å²) in [5.41, 5.74) is -2.62. The molecular weight excluding hydrogens is 518 g/mol. The van der Waals surface area contributed by atoms with E-state index in [2.05, 4.69) is 10.4 Å². The summed E-state index contributed by atoms with van der Waals surface area (Å²) in [5, 5.41) is 6.40. The van der Waals surface area contributed by atoms with E-state index >= 15 is 4.39 Å². The number of ether oxygens (including phenoxy) is 1. The lowest BCUT2D eigenvalue weighted by Crippen LogP contribution is -2.32. The molecular formula is C25H22F6N4O3. The molecule has 1 aromatic heterocycles. The van der Waals surface area contributed by atoms with Crippen LogP contribution in [0.3, 0.4) is 0 Å². The van der Waals surface area contributed by atoms with Crippen molar-refractivity contribution in [3.05, 3.63) is 69.7 Å². The number of halogens is 6. The summed E-state index contributed by atoms with van der Waals surface area (Å²) < 4.78 is 89.1. The minimum Gasteiger partial charge on any atom is -0.480 e. The van der Waals surface area contributed by atoms with Gasteiger partial charge in [0.2, 0.25) is 0 Å². The van der Waals surface area contributed by atoms with Crippen LogP contribution in [0, 0.1) is 11.2 Å². The number of carbonyl (C=O) groups is 1. The maximum absolute atomic E-state index is 15.3. The fourth-order valence-electron chi connectivity index (χ4n) is 4.55. The average molecular weight is 540 g/mol. The van der Waals surface area contributed by atoms with Gasteiger partial charge in [0.1, 0.15) is 23.1 Å². The summed E-state index contributed by atoms with van der Waals surface area (Å²) in [6, 6.07) is 6.31. The van der Waals surface area contributed by atoms with Gasteiger partial charge in [-0.3, -0.25) is 9.36 Å². The number of rotatable bonds is 6. The van der Waals surface area contributed by atoms with E-state index < -0.39 is 58.7 Å². The number of anilines is 1. The number of hydrogen-bond donors (Lipinski definition) is 1. The lowest BCUT2D eigenvalue weighted by atomic mass is 9.95. The van der Waals surface area contributed by atoms with E-state index in [9.17, 15) is 31.5 Å². The first kappa shape index (κ1) is 25.9. The predicted octanol–water partition coefficient (Wildman–Crippen LogP) is 5.42. The van der Waals surface area contributed by atoms with Gasteiger partial charge in [0.15, 0.2) is 6.10 Å². The Morgan fingerprint density at radius 3 is 2.53 bits per heavy atom. The van der Waals surface area contributed by atoms with Crippen molar-refractivity contribution in [3.63, 3.8) is 0 Å². The Balaban J connectivity index is 1.56. The number of hydrogen-bond acceptors (Lipinski definition) is 4. The smallest absolute Gasteiger partial charge is 0.425 e. The molecule has 2 heterocycles. The lowest BCUT2D eigenvalue weighted by Gasteiger charge is -2.20. The van der Waals surface area contributed by atoms with Crippen LogP contribution in [0.25, 0.3) is 5.69 Å². The summed E-state index contributed by atoms with van der Waals surface area (Å²) in [4.78, 5) is 26.0. The molecule has 1 spiro atoms. The van der Waals surface area contributed by atoms with Gasteiger partial charge in [-0.15, -0.1) is 5.10 Å². The highest BCUT2D eigenvalue weighted by atomic mass is 19.4. The van der Waals surface area contributed by atoms with Crippen LogP contribution in [0.5, 0.6) is 5.75 Å². The highest BCUT2D eigenvalue weighted by Crippen LogP contribution is 2.53. The molecule has 1 atom stereocenters. The van der Waals surface area contributed by atoms with Crippen LogP contribution >= 0.6 is 0 Å². The number of nitrogens with zero attached hydrogens (tertiary/aromatic N) is 3. The average Bonchev–Trinajstić information content (AvgIpc) is 3.52. The largest absolute Gasteiger partial charge is 0.480 e. The second kappa shape index (κ2) is 9.21. The van der Waals surface area contributed by atoms with Gasteiger partial charge in [-0.2, -0.15) is 17.9 Å². The van der Waals surface area contributed by atoms with Gasteiger partial charge >= 0.3 is 11.9 Å². The molecule has 2 aliphatic rings. The van der Waals surface area contributed by atoms with Gasteiger partial charge in [-0.05, 0) is 43.7 Å². The fraction of sp³-hybridized carbons (Fsp3) is 0.400. The van der Waals surface area contributed by atoms with E-state index in [1.54, 1.807) is 0 Å². The molecule has 3 aromatic rings. The Bertz CT molecular complexity index is 1460. The fourth-order valence-corrected chi connectivity index (χ4v) is 4.55. The van der Waals surface area contributed by atoms with Crippen molar-refractivity contribution in [2.75, 3.05) is 5.32 Å². The Kier molecular flexibility index (Phi) is 6.27. The molecule has 38 heavy (non-hydrogen) atoms. The first-order valence-electron chi connectivity index (χ1n) is 11.8. The van der Waals surface area contributed by atoms with Crippen LogP contribution in [0.4, 0.5) is 32.0 Å². The Morgan fingerprint density at radius 1 is 1.16 bits per heavy atom. The van der Waals surface area contributed by atoms with Crippen molar-refractivity contribution < 1.29 is 35.9 Å². The lowest BCUT2D eigenvalue weighted by molar-refractivity contribution is -0.189. The summed E-state index contributed by atoms with van der Waals surface area (Å²) >= 11 is 0. The molecule has 0 saturated heterocycles. The van der Waals surface area contributed by atoms with Gasteiger partial charge in [0.25, 0.3) is 12.3 Å². The highest BCUT2D eigenvalue weighted by Gasteiger charge is 2.46. The van der Waals surface area contributed by atoms with Crippen LogP contribution in [-0.4, -0.2) is 32.5 Å². The molecule has 13 heteroatoms. The minimum absolute atomic E-state index is 0.0804. The summed E-state index contributed by atoms with van der Waals surface area (Å²) in [7, 11) is 0. The van der Waals surface area contributed by atoms with Crippen LogP contribution in [0.2, 0.25) is 0 Å². The van der Waals surface area contributed by atoms with E-state index in [0.29, 0.717) is 31.8 Å². The third-order valence-electron chi connectivity index (χ3n) is 7.03. The Labute approximate surface area is 212 Å². The molecule has 1 N–H and O–H groups in total. The van der Waals surface area contributed by atoms with Gasteiger partial charge in [-0.1, -0.05) is 18.2 Å².